The fourth-order valence-electron chi connectivity index (χ4n) is 2.54. The molecule has 4 heteroatoms. The van der Waals surface area contributed by atoms with Crippen LogP contribution in [0.2, 0.25) is 0 Å². The molecule has 0 bridgehead atoms. The van der Waals surface area contributed by atoms with Crippen molar-refractivity contribution in [2.24, 2.45) is 0 Å². The fourth-order valence-corrected chi connectivity index (χ4v) is 2.54. The molecule has 0 aromatic carbocycles. The Labute approximate surface area is 97.3 Å². The Kier molecular flexibility index (Phi) is 4.18. The summed E-state index contributed by atoms with van der Waals surface area (Å²) in [6.45, 7) is 2.67. The maximum absolute atomic E-state index is 11.9. The molecule has 2 aliphatic heterocycles. The highest BCUT2D eigenvalue weighted by molar-refractivity contribution is 5.76. The van der Waals surface area contributed by atoms with E-state index in [0.717, 1.165) is 45.4 Å². The molecule has 0 saturated carbocycles. The van der Waals surface area contributed by atoms with Gasteiger partial charge in [-0.25, -0.2) is 0 Å². The monoisotopic (exact) mass is 226 g/mol. The van der Waals surface area contributed by atoms with Crippen LogP contribution in [0, 0.1) is 0 Å². The van der Waals surface area contributed by atoms with Crippen LogP contribution in [-0.4, -0.2) is 49.7 Å². The topological polar surface area (TPSA) is 41.6 Å². The molecule has 2 aliphatic rings. The second-order valence-corrected chi connectivity index (χ2v) is 4.79. The van der Waals surface area contributed by atoms with Crippen LogP contribution < -0.4 is 5.32 Å². The van der Waals surface area contributed by atoms with Crippen LogP contribution in [0.25, 0.3) is 0 Å². The summed E-state index contributed by atoms with van der Waals surface area (Å²) in [5, 5.41) is 3.23. The highest BCUT2D eigenvalue weighted by Crippen LogP contribution is 2.18. The van der Waals surface area contributed by atoms with Crippen LogP contribution in [0.4, 0.5) is 0 Å². The number of likely N-dealkylation sites (tertiary alicyclic amines) is 1. The van der Waals surface area contributed by atoms with E-state index in [0.29, 0.717) is 24.5 Å². The average Bonchev–Trinajstić information content (AvgIpc) is 2.96. The first-order valence-electron chi connectivity index (χ1n) is 6.36. The second kappa shape index (κ2) is 5.64. The molecule has 2 unspecified atom stereocenters. The third-order valence-corrected chi connectivity index (χ3v) is 3.65. The molecule has 2 heterocycles. The fraction of sp³-hybridized carbons (Fsp3) is 0.917. The van der Waals surface area contributed by atoms with Crippen molar-refractivity contribution in [3.63, 3.8) is 0 Å². The Hall–Kier alpha value is -0.610. The van der Waals surface area contributed by atoms with Gasteiger partial charge in [0.15, 0.2) is 0 Å². The van der Waals surface area contributed by atoms with E-state index < -0.39 is 0 Å². The van der Waals surface area contributed by atoms with Gasteiger partial charge in [0.2, 0.25) is 5.91 Å². The quantitative estimate of drug-likeness (QED) is 0.769. The van der Waals surface area contributed by atoms with Gasteiger partial charge in [0.25, 0.3) is 0 Å². The van der Waals surface area contributed by atoms with Crippen molar-refractivity contribution in [3.05, 3.63) is 0 Å². The van der Waals surface area contributed by atoms with Crippen LogP contribution in [0.5, 0.6) is 0 Å². The molecule has 16 heavy (non-hydrogen) atoms. The summed E-state index contributed by atoms with van der Waals surface area (Å²) in [7, 11) is 1.96. The van der Waals surface area contributed by atoms with Gasteiger partial charge in [-0.15, -0.1) is 0 Å². The smallest absolute Gasteiger partial charge is 0.222 e. The van der Waals surface area contributed by atoms with Gasteiger partial charge in [-0.1, -0.05) is 0 Å². The molecule has 1 amide bonds. The first kappa shape index (κ1) is 11.9. The lowest BCUT2D eigenvalue weighted by Crippen LogP contribution is -2.33. The summed E-state index contributed by atoms with van der Waals surface area (Å²) in [6, 6.07) is 0.492. The lowest BCUT2D eigenvalue weighted by Gasteiger charge is -2.17. The van der Waals surface area contributed by atoms with Gasteiger partial charge in [-0.2, -0.15) is 0 Å². The van der Waals surface area contributed by atoms with Gasteiger partial charge < -0.3 is 15.0 Å². The summed E-state index contributed by atoms with van der Waals surface area (Å²) < 4.78 is 5.53. The molecule has 0 spiro atoms. The maximum Gasteiger partial charge on any atom is 0.222 e. The molecule has 0 aromatic rings. The molecule has 92 valence electrons. The van der Waals surface area contributed by atoms with E-state index in [1.807, 2.05) is 11.9 Å². The highest BCUT2D eigenvalue weighted by Gasteiger charge is 2.25. The highest BCUT2D eigenvalue weighted by atomic mass is 16.5. The third kappa shape index (κ3) is 2.95. The lowest BCUT2D eigenvalue weighted by atomic mass is 10.1. The van der Waals surface area contributed by atoms with Gasteiger partial charge in [0.1, 0.15) is 0 Å². The van der Waals surface area contributed by atoms with Gasteiger partial charge in [0.05, 0.1) is 6.10 Å². The van der Waals surface area contributed by atoms with Crippen molar-refractivity contribution in [1.29, 1.82) is 0 Å². The number of nitrogens with one attached hydrogen (secondary N) is 1. The Morgan fingerprint density at radius 2 is 2.38 bits per heavy atom. The molecule has 2 saturated heterocycles. The number of carbonyl (C=O) groups excluding carboxylic acids is 1. The van der Waals surface area contributed by atoms with Crippen LogP contribution in [0.15, 0.2) is 0 Å². The molecular formula is C12H22N2O2. The number of hydrogen-bond acceptors (Lipinski definition) is 3. The van der Waals surface area contributed by atoms with Crippen molar-refractivity contribution in [2.75, 3.05) is 26.7 Å². The van der Waals surface area contributed by atoms with Crippen LogP contribution >= 0.6 is 0 Å². The molecule has 2 atom stereocenters. The zero-order chi connectivity index (χ0) is 11.4. The van der Waals surface area contributed by atoms with Crippen molar-refractivity contribution in [1.82, 2.24) is 10.2 Å². The van der Waals surface area contributed by atoms with Crippen molar-refractivity contribution < 1.29 is 9.53 Å². The van der Waals surface area contributed by atoms with Crippen LogP contribution in [0.3, 0.4) is 0 Å². The summed E-state index contributed by atoms with van der Waals surface area (Å²) in [5.41, 5.74) is 0. The first-order chi connectivity index (χ1) is 7.79. The SMILES string of the molecule is CNC1CCN(C(=O)CCC2CCCO2)C1. The molecule has 2 fully saturated rings. The lowest BCUT2D eigenvalue weighted by molar-refractivity contribution is -0.130. The van der Waals surface area contributed by atoms with E-state index in [1.165, 1.54) is 0 Å². The molecule has 0 aliphatic carbocycles. The average molecular weight is 226 g/mol. The summed E-state index contributed by atoms with van der Waals surface area (Å²) in [6.07, 6.45) is 5.27. The minimum atomic E-state index is 0.299. The predicted molar refractivity (Wildman–Crippen MR) is 62.3 cm³/mol. The summed E-state index contributed by atoms with van der Waals surface area (Å²) >= 11 is 0. The van der Waals surface area contributed by atoms with Crippen molar-refractivity contribution in [2.45, 2.75) is 44.2 Å². The number of rotatable bonds is 4. The van der Waals surface area contributed by atoms with Gasteiger partial charge in [-0.05, 0) is 32.7 Å². The molecule has 0 aromatic heterocycles. The Balaban J connectivity index is 1.67. The minimum absolute atomic E-state index is 0.299. The predicted octanol–water partition coefficient (Wildman–Crippen LogP) is 0.766. The first-order valence-corrected chi connectivity index (χ1v) is 6.36. The second-order valence-electron chi connectivity index (χ2n) is 4.79. The number of hydrogen-bond donors (Lipinski definition) is 1. The molecule has 4 nitrogen and oxygen atoms in total. The molecular weight excluding hydrogens is 204 g/mol. The van der Waals surface area contributed by atoms with Gasteiger partial charge >= 0.3 is 0 Å². The van der Waals surface area contributed by atoms with E-state index in [4.69, 9.17) is 4.74 Å². The normalized spacial score (nSPS) is 29.9. The minimum Gasteiger partial charge on any atom is -0.378 e. The Bertz CT molecular complexity index is 239. The number of likely N-dealkylation sites (N-methyl/N-ethyl adjacent to an activating group) is 1. The third-order valence-electron chi connectivity index (χ3n) is 3.65. The van der Waals surface area contributed by atoms with E-state index in [1.54, 1.807) is 0 Å². The number of carbonyl (C=O) groups is 1. The molecule has 2 rings (SSSR count). The van der Waals surface area contributed by atoms with Gasteiger partial charge in [0, 0.05) is 32.2 Å². The number of nitrogens with zero attached hydrogens (tertiary/aromatic N) is 1. The van der Waals surface area contributed by atoms with Gasteiger partial charge in [-0.3, -0.25) is 4.79 Å². The number of ether oxygens (including phenoxy) is 1. The van der Waals surface area contributed by atoms with E-state index in [-0.39, 0.29) is 0 Å². The zero-order valence-electron chi connectivity index (χ0n) is 10.1. The standard InChI is InChI=1S/C12H22N2O2/c1-13-10-6-7-14(9-10)12(15)5-4-11-3-2-8-16-11/h10-11,13H,2-9H2,1H3. The Morgan fingerprint density at radius 3 is 3.00 bits per heavy atom. The summed E-state index contributed by atoms with van der Waals surface area (Å²) in [5.74, 6) is 0.299. The van der Waals surface area contributed by atoms with E-state index in [2.05, 4.69) is 5.32 Å². The molecule has 0 radical (unpaired) electrons. The molecule has 1 N–H and O–H groups in total. The number of amides is 1. The van der Waals surface area contributed by atoms with E-state index >= 15 is 0 Å². The van der Waals surface area contributed by atoms with Crippen molar-refractivity contribution in [3.8, 4) is 0 Å². The van der Waals surface area contributed by atoms with Crippen molar-refractivity contribution >= 4 is 5.91 Å². The van der Waals surface area contributed by atoms with E-state index in [9.17, 15) is 4.79 Å². The van der Waals surface area contributed by atoms with Crippen LogP contribution in [0.1, 0.15) is 32.1 Å². The Morgan fingerprint density at radius 1 is 1.50 bits per heavy atom. The summed E-state index contributed by atoms with van der Waals surface area (Å²) in [4.78, 5) is 13.9. The zero-order valence-corrected chi connectivity index (χ0v) is 10.1. The maximum atomic E-state index is 11.9. The largest absolute Gasteiger partial charge is 0.378 e. The van der Waals surface area contributed by atoms with Crippen LogP contribution in [-0.2, 0) is 9.53 Å².